The molecule has 2 atom stereocenters. The molecule has 2 rings (SSSR count). The van der Waals surface area contributed by atoms with Crippen molar-refractivity contribution in [1.29, 1.82) is 0 Å². The van der Waals surface area contributed by atoms with E-state index in [9.17, 15) is 0 Å². The number of benzene rings is 1. The lowest BCUT2D eigenvalue weighted by Gasteiger charge is -2.45. The topological polar surface area (TPSA) is 15.3 Å². The van der Waals surface area contributed by atoms with Crippen LogP contribution in [0, 0.1) is 18.8 Å². The molecule has 2 nitrogen and oxygen atoms in total. The van der Waals surface area contributed by atoms with Crippen molar-refractivity contribution < 1.29 is 0 Å². The maximum Gasteiger partial charge on any atom is 0.0438 e. The van der Waals surface area contributed by atoms with E-state index in [0.29, 0.717) is 18.0 Å². The van der Waals surface area contributed by atoms with E-state index < -0.39 is 0 Å². The van der Waals surface area contributed by atoms with Gasteiger partial charge in [-0.15, -0.1) is 0 Å². The molecule has 1 aliphatic rings. The van der Waals surface area contributed by atoms with Crippen LogP contribution in [0.25, 0.3) is 0 Å². The molecule has 0 spiro atoms. The summed E-state index contributed by atoms with van der Waals surface area (Å²) in [5, 5.41) is 3.76. The monoisotopic (exact) mass is 352 g/mol. The second-order valence-electron chi connectivity index (χ2n) is 7.13. The van der Waals surface area contributed by atoms with E-state index in [0.717, 1.165) is 19.0 Å². The Morgan fingerprint density at radius 3 is 2.57 bits per heavy atom. The van der Waals surface area contributed by atoms with E-state index in [2.05, 4.69) is 79.0 Å². The first-order valence-electron chi connectivity index (χ1n) is 8.14. The zero-order valence-electron chi connectivity index (χ0n) is 14.0. The summed E-state index contributed by atoms with van der Waals surface area (Å²) in [6.45, 7) is 13.7. The lowest BCUT2D eigenvalue weighted by Crippen LogP contribution is -2.58. The van der Waals surface area contributed by atoms with Crippen LogP contribution < -0.4 is 10.2 Å². The van der Waals surface area contributed by atoms with Crippen molar-refractivity contribution in [2.24, 2.45) is 11.8 Å². The number of piperazine rings is 1. The molecule has 1 aromatic rings. The third-order valence-electron chi connectivity index (χ3n) is 4.43. The molecule has 1 fully saturated rings. The normalized spacial score (nSPS) is 23.1. The van der Waals surface area contributed by atoms with Gasteiger partial charge in [0.15, 0.2) is 0 Å². The summed E-state index contributed by atoms with van der Waals surface area (Å²) in [6.07, 6.45) is 1.25. The summed E-state index contributed by atoms with van der Waals surface area (Å²) in [5.41, 5.74) is 2.76. The van der Waals surface area contributed by atoms with Gasteiger partial charge in [0, 0.05) is 35.3 Å². The van der Waals surface area contributed by atoms with Gasteiger partial charge < -0.3 is 10.2 Å². The zero-order valence-corrected chi connectivity index (χ0v) is 15.6. The Labute approximate surface area is 138 Å². The SMILES string of the molecule is Cc1cc(Br)ccc1N1CC(CC(C)C)NCC1C(C)C. The minimum atomic E-state index is 0.577. The highest BCUT2D eigenvalue weighted by Gasteiger charge is 2.30. The molecule has 0 saturated carbocycles. The van der Waals surface area contributed by atoms with Crippen molar-refractivity contribution in [1.82, 2.24) is 5.32 Å². The number of anilines is 1. The minimum Gasteiger partial charge on any atom is -0.365 e. The average Bonchev–Trinajstić information content (AvgIpc) is 2.37. The van der Waals surface area contributed by atoms with Crippen molar-refractivity contribution in [3.63, 3.8) is 0 Å². The van der Waals surface area contributed by atoms with Gasteiger partial charge in [0.1, 0.15) is 0 Å². The molecule has 0 aliphatic carbocycles. The number of rotatable bonds is 4. The van der Waals surface area contributed by atoms with Crippen LogP contribution in [0.15, 0.2) is 22.7 Å². The third-order valence-corrected chi connectivity index (χ3v) is 4.92. The molecule has 2 unspecified atom stereocenters. The Kier molecular flexibility index (Phi) is 5.73. The Bertz CT molecular complexity index is 470. The van der Waals surface area contributed by atoms with Crippen molar-refractivity contribution in [2.75, 3.05) is 18.0 Å². The molecule has 1 aromatic carbocycles. The predicted octanol–water partition coefficient (Wildman–Crippen LogP) is 4.61. The molecule has 0 bridgehead atoms. The maximum absolute atomic E-state index is 3.76. The molecule has 1 saturated heterocycles. The Morgan fingerprint density at radius 1 is 1.29 bits per heavy atom. The van der Waals surface area contributed by atoms with Gasteiger partial charge in [-0.1, -0.05) is 43.6 Å². The van der Waals surface area contributed by atoms with Gasteiger partial charge in [-0.25, -0.2) is 0 Å². The van der Waals surface area contributed by atoms with Gasteiger partial charge >= 0.3 is 0 Å². The van der Waals surface area contributed by atoms with Crippen LogP contribution >= 0.6 is 15.9 Å². The first kappa shape index (κ1) is 16.8. The van der Waals surface area contributed by atoms with Gasteiger partial charge in [0.05, 0.1) is 0 Å². The number of nitrogens with zero attached hydrogens (tertiary/aromatic N) is 1. The van der Waals surface area contributed by atoms with E-state index in [1.165, 1.54) is 22.1 Å². The number of halogens is 1. The highest BCUT2D eigenvalue weighted by molar-refractivity contribution is 9.10. The Morgan fingerprint density at radius 2 is 2.00 bits per heavy atom. The summed E-state index contributed by atoms with van der Waals surface area (Å²) < 4.78 is 1.17. The van der Waals surface area contributed by atoms with Crippen molar-refractivity contribution in [3.05, 3.63) is 28.2 Å². The van der Waals surface area contributed by atoms with Crippen LogP contribution in [0.1, 0.15) is 39.7 Å². The summed E-state index contributed by atoms with van der Waals surface area (Å²) in [7, 11) is 0. The molecular formula is C18H29BrN2. The highest BCUT2D eigenvalue weighted by atomic mass is 79.9. The van der Waals surface area contributed by atoms with Gasteiger partial charge in [0.25, 0.3) is 0 Å². The maximum atomic E-state index is 3.76. The Balaban J connectivity index is 2.25. The van der Waals surface area contributed by atoms with E-state index in [4.69, 9.17) is 0 Å². The standard InChI is InChI=1S/C18H29BrN2/c1-12(2)8-16-11-21(18(10-20-16)13(3)4)17-7-6-15(19)9-14(17)5/h6-7,9,12-13,16,18,20H,8,10-11H2,1-5H3. The van der Waals surface area contributed by atoms with Crippen LogP contribution in [-0.4, -0.2) is 25.2 Å². The lowest BCUT2D eigenvalue weighted by atomic mass is 9.94. The number of hydrogen-bond donors (Lipinski definition) is 1. The van der Waals surface area contributed by atoms with Gasteiger partial charge in [-0.3, -0.25) is 0 Å². The smallest absolute Gasteiger partial charge is 0.0438 e. The largest absolute Gasteiger partial charge is 0.365 e. The predicted molar refractivity (Wildman–Crippen MR) is 96.1 cm³/mol. The molecule has 1 heterocycles. The number of hydrogen-bond acceptors (Lipinski definition) is 2. The molecule has 21 heavy (non-hydrogen) atoms. The van der Waals surface area contributed by atoms with Gasteiger partial charge in [-0.05, 0) is 48.9 Å². The highest BCUT2D eigenvalue weighted by Crippen LogP contribution is 2.29. The first-order valence-corrected chi connectivity index (χ1v) is 8.94. The van der Waals surface area contributed by atoms with E-state index >= 15 is 0 Å². The summed E-state index contributed by atoms with van der Waals surface area (Å²) >= 11 is 3.58. The fraction of sp³-hybridized carbons (Fsp3) is 0.667. The van der Waals surface area contributed by atoms with Crippen molar-refractivity contribution in [2.45, 2.75) is 53.1 Å². The van der Waals surface area contributed by atoms with E-state index in [-0.39, 0.29) is 0 Å². The second-order valence-corrected chi connectivity index (χ2v) is 8.04. The first-order chi connectivity index (χ1) is 9.88. The van der Waals surface area contributed by atoms with Crippen LogP contribution in [0.4, 0.5) is 5.69 Å². The molecule has 118 valence electrons. The summed E-state index contributed by atoms with van der Waals surface area (Å²) in [5.74, 6) is 1.39. The average molecular weight is 353 g/mol. The molecule has 0 aromatic heterocycles. The van der Waals surface area contributed by atoms with Crippen molar-refractivity contribution in [3.8, 4) is 0 Å². The molecule has 0 amide bonds. The Hall–Kier alpha value is -0.540. The van der Waals surface area contributed by atoms with Crippen LogP contribution in [0.5, 0.6) is 0 Å². The second kappa shape index (κ2) is 7.15. The summed E-state index contributed by atoms with van der Waals surface area (Å²) in [6, 6.07) is 7.84. The van der Waals surface area contributed by atoms with Crippen LogP contribution in [0.3, 0.4) is 0 Å². The molecular weight excluding hydrogens is 324 g/mol. The summed E-state index contributed by atoms with van der Waals surface area (Å²) in [4.78, 5) is 2.63. The number of aryl methyl sites for hydroxylation is 1. The van der Waals surface area contributed by atoms with Crippen LogP contribution in [-0.2, 0) is 0 Å². The van der Waals surface area contributed by atoms with Crippen LogP contribution in [0.2, 0.25) is 0 Å². The van der Waals surface area contributed by atoms with Gasteiger partial charge in [-0.2, -0.15) is 0 Å². The minimum absolute atomic E-state index is 0.577. The lowest BCUT2D eigenvalue weighted by molar-refractivity contribution is 0.310. The fourth-order valence-electron chi connectivity index (χ4n) is 3.38. The molecule has 1 N–H and O–H groups in total. The third kappa shape index (κ3) is 4.23. The van der Waals surface area contributed by atoms with E-state index in [1.54, 1.807) is 0 Å². The molecule has 3 heteroatoms. The van der Waals surface area contributed by atoms with Gasteiger partial charge in [0.2, 0.25) is 0 Å². The quantitative estimate of drug-likeness (QED) is 0.851. The number of nitrogens with one attached hydrogen (secondary N) is 1. The zero-order chi connectivity index (χ0) is 15.6. The van der Waals surface area contributed by atoms with E-state index in [1.807, 2.05) is 0 Å². The fourth-order valence-corrected chi connectivity index (χ4v) is 3.85. The molecule has 1 aliphatic heterocycles. The molecule has 0 radical (unpaired) electrons. The van der Waals surface area contributed by atoms with Crippen molar-refractivity contribution >= 4 is 21.6 Å².